The predicted octanol–water partition coefficient (Wildman–Crippen LogP) is 1.45. The van der Waals surface area contributed by atoms with Crippen LogP contribution in [-0.4, -0.2) is 33.6 Å². The van der Waals surface area contributed by atoms with E-state index < -0.39 is 0 Å². The van der Waals surface area contributed by atoms with Crippen LogP contribution >= 0.6 is 11.8 Å². The van der Waals surface area contributed by atoms with Crippen LogP contribution in [0.4, 0.5) is 0 Å². The third-order valence-corrected chi connectivity index (χ3v) is 4.08. The summed E-state index contributed by atoms with van der Waals surface area (Å²) in [6.07, 6.45) is 7.61. The van der Waals surface area contributed by atoms with Gasteiger partial charge in [0.2, 0.25) is 0 Å². The molecule has 0 radical (unpaired) electrons. The van der Waals surface area contributed by atoms with Crippen molar-refractivity contribution in [3.05, 3.63) is 18.2 Å². The molecule has 1 fully saturated rings. The van der Waals surface area contributed by atoms with Gasteiger partial charge in [-0.05, 0) is 18.6 Å². The zero-order chi connectivity index (χ0) is 10.5. The summed E-state index contributed by atoms with van der Waals surface area (Å²) < 4.78 is 2.09. The van der Waals surface area contributed by atoms with E-state index in [0.717, 1.165) is 19.0 Å². The smallest absolute Gasteiger partial charge is 0.109 e. The molecule has 1 aromatic heterocycles. The highest BCUT2D eigenvalue weighted by Gasteiger charge is 2.12. The van der Waals surface area contributed by atoms with Crippen LogP contribution in [-0.2, 0) is 13.5 Å². The molecule has 2 heterocycles. The summed E-state index contributed by atoms with van der Waals surface area (Å²) >= 11 is 2.07. The number of hydrogen-bond acceptors (Lipinski definition) is 3. The number of imidazole rings is 1. The summed E-state index contributed by atoms with van der Waals surface area (Å²) in [5.41, 5.74) is 0. The van der Waals surface area contributed by atoms with Crippen LogP contribution in [0.1, 0.15) is 18.7 Å². The van der Waals surface area contributed by atoms with Crippen molar-refractivity contribution in [2.45, 2.75) is 25.3 Å². The quantitative estimate of drug-likeness (QED) is 0.841. The molecule has 1 aromatic rings. The molecule has 0 saturated carbocycles. The number of aromatic nitrogens is 2. The second-order valence-electron chi connectivity index (χ2n) is 4.07. The number of aryl methyl sites for hydroxylation is 1. The van der Waals surface area contributed by atoms with Crippen LogP contribution in [0.25, 0.3) is 0 Å². The van der Waals surface area contributed by atoms with E-state index in [1.807, 2.05) is 12.4 Å². The summed E-state index contributed by atoms with van der Waals surface area (Å²) in [4.78, 5) is 4.32. The van der Waals surface area contributed by atoms with Crippen molar-refractivity contribution < 1.29 is 0 Å². The van der Waals surface area contributed by atoms with Gasteiger partial charge in [-0.15, -0.1) is 0 Å². The van der Waals surface area contributed by atoms with E-state index >= 15 is 0 Å². The predicted molar refractivity (Wildman–Crippen MR) is 65.3 cm³/mol. The summed E-state index contributed by atoms with van der Waals surface area (Å²) in [7, 11) is 2.05. The van der Waals surface area contributed by atoms with E-state index in [9.17, 15) is 0 Å². The summed E-state index contributed by atoms with van der Waals surface area (Å²) in [5, 5.41) is 3.61. The van der Waals surface area contributed by atoms with Gasteiger partial charge in [0.25, 0.3) is 0 Å². The van der Waals surface area contributed by atoms with Gasteiger partial charge in [-0.3, -0.25) is 0 Å². The minimum atomic E-state index is 0.726. The molecule has 0 bridgehead atoms. The first kappa shape index (κ1) is 11.0. The normalized spacial score (nSPS) is 21.8. The summed E-state index contributed by atoms with van der Waals surface area (Å²) in [6.45, 7) is 1.05. The van der Waals surface area contributed by atoms with Gasteiger partial charge in [0.15, 0.2) is 0 Å². The molecule has 2 rings (SSSR count). The van der Waals surface area contributed by atoms with E-state index in [-0.39, 0.29) is 0 Å². The molecule has 1 N–H and O–H groups in total. The molecular weight excluding hydrogens is 206 g/mol. The first-order valence-corrected chi connectivity index (χ1v) is 6.79. The van der Waals surface area contributed by atoms with Crippen molar-refractivity contribution in [1.29, 1.82) is 0 Å². The SMILES string of the molecule is Cn1ccnc1CCNC1CCCSC1. The average molecular weight is 225 g/mol. The number of hydrogen-bond donors (Lipinski definition) is 1. The summed E-state index contributed by atoms with van der Waals surface area (Å²) in [5.74, 6) is 3.80. The molecule has 0 aromatic carbocycles. The first-order valence-electron chi connectivity index (χ1n) is 5.63. The largest absolute Gasteiger partial charge is 0.338 e. The Morgan fingerprint density at radius 3 is 3.27 bits per heavy atom. The van der Waals surface area contributed by atoms with Crippen LogP contribution in [0, 0.1) is 0 Å². The maximum Gasteiger partial charge on any atom is 0.109 e. The van der Waals surface area contributed by atoms with Gasteiger partial charge < -0.3 is 9.88 Å². The van der Waals surface area contributed by atoms with Crippen molar-refractivity contribution in [2.75, 3.05) is 18.1 Å². The van der Waals surface area contributed by atoms with E-state index in [2.05, 4.69) is 33.7 Å². The average Bonchev–Trinajstić information content (AvgIpc) is 2.66. The molecule has 0 amide bonds. The fourth-order valence-electron chi connectivity index (χ4n) is 1.93. The van der Waals surface area contributed by atoms with E-state index in [4.69, 9.17) is 0 Å². The van der Waals surface area contributed by atoms with Crippen molar-refractivity contribution in [3.63, 3.8) is 0 Å². The Kier molecular flexibility index (Phi) is 4.09. The van der Waals surface area contributed by atoms with Gasteiger partial charge >= 0.3 is 0 Å². The lowest BCUT2D eigenvalue weighted by Crippen LogP contribution is -2.35. The zero-order valence-electron chi connectivity index (χ0n) is 9.28. The van der Waals surface area contributed by atoms with Crippen LogP contribution in [0.3, 0.4) is 0 Å². The number of rotatable bonds is 4. The minimum absolute atomic E-state index is 0.726. The monoisotopic (exact) mass is 225 g/mol. The number of thioether (sulfide) groups is 1. The van der Waals surface area contributed by atoms with Gasteiger partial charge in [0.05, 0.1) is 0 Å². The Hall–Kier alpha value is -0.480. The highest BCUT2D eigenvalue weighted by molar-refractivity contribution is 7.99. The Balaban J connectivity index is 1.68. The van der Waals surface area contributed by atoms with Crippen molar-refractivity contribution >= 4 is 11.8 Å². The van der Waals surface area contributed by atoms with Gasteiger partial charge in [-0.25, -0.2) is 4.98 Å². The standard InChI is InChI=1S/C11H19N3S/c1-14-7-6-13-11(14)4-5-12-10-3-2-8-15-9-10/h6-7,10,12H,2-5,8-9H2,1H3. The number of nitrogens with zero attached hydrogens (tertiary/aromatic N) is 2. The Bertz CT molecular complexity index is 292. The zero-order valence-corrected chi connectivity index (χ0v) is 10.1. The molecule has 1 unspecified atom stereocenters. The fraction of sp³-hybridized carbons (Fsp3) is 0.727. The molecular formula is C11H19N3S. The van der Waals surface area contributed by atoms with Crippen molar-refractivity contribution in [3.8, 4) is 0 Å². The van der Waals surface area contributed by atoms with Crippen LogP contribution in [0.15, 0.2) is 12.4 Å². The van der Waals surface area contributed by atoms with E-state index in [1.165, 1.54) is 30.2 Å². The Labute approximate surface area is 95.7 Å². The molecule has 1 atom stereocenters. The lowest BCUT2D eigenvalue weighted by molar-refractivity contribution is 0.505. The first-order chi connectivity index (χ1) is 7.36. The van der Waals surface area contributed by atoms with E-state index in [1.54, 1.807) is 0 Å². The maximum atomic E-state index is 4.32. The highest BCUT2D eigenvalue weighted by Crippen LogP contribution is 2.16. The van der Waals surface area contributed by atoms with Crippen LogP contribution in [0.2, 0.25) is 0 Å². The second kappa shape index (κ2) is 5.56. The van der Waals surface area contributed by atoms with Gasteiger partial charge in [-0.2, -0.15) is 11.8 Å². The molecule has 84 valence electrons. The third kappa shape index (κ3) is 3.24. The molecule has 0 aliphatic carbocycles. The van der Waals surface area contributed by atoms with Crippen LogP contribution < -0.4 is 5.32 Å². The van der Waals surface area contributed by atoms with Crippen LogP contribution in [0.5, 0.6) is 0 Å². The molecule has 1 aliphatic rings. The molecule has 0 spiro atoms. The minimum Gasteiger partial charge on any atom is -0.338 e. The third-order valence-electron chi connectivity index (χ3n) is 2.86. The topological polar surface area (TPSA) is 29.9 Å². The molecule has 3 nitrogen and oxygen atoms in total. The molecule has 1 aliphatic heterocycles. The molecule has 15 heavy (non-hydrogen) atoms. The fourth-order valence-corrected chi connectivity index (χ4v) is 3.03. The lowest BCUT2D eigenvalue weighted by Gasteiger charge is -2.22. The van der Waals surface area contributed by atoms with E-state index in [0.29, 0.717) is 0 Å². The van der Waals surface area contributed by atoms with Gasteiger partial charge in [0.1, 0.15) is 5.82 Å². The lowest BCUT2D eigenvalue weighted by atomic mass is 10.2. The van der Waals surface area contributed by atoms with Gasteiger partial charge in [0, 0.05) is 44.2 Å². The Morgan fingerprint density at radius 2 is 2.60 bits per heavy atom. The highest BCUT2D eigenvalue weighted by atomic mass is 32.2. The number of nitrogens with one attached hydrogen (secondary N) is 1. The Morgan fingerprint density at radius 1 is 1.67 bits per heavy atom. The van der Waals surface area contributed by atoms with Crippen molar-refractivity contribution in [1.82, 2.24) is 14.9 Å². The second-order valence-corrected chi connectivity index (χ2v) is 5.22. The van der Waals surface area contributed by atoms with Gasteiger partial charge in [-0.1, -0.05) is 0 Å². The molecule has 4 heteroatoms. The van der Waals surface area contributed by atoms with Crippen molar-refractivity contribution in [2.24, 2.45) is 7.05 Å². The molecule has 1 saturated heterocycles. The summed E-state index contributed by atoms with van der Waals surface area (Å²) in [6, 6.07) is 0.726. The maximum absolute atomic E-state index is 4.32.